The predicted octanol–water partition coefficient (Wildman–Crippen LogP) is 0.460. The summed E-state index contributed by atoms with van der Waals surface area (Å²) in [6, 6.07) is 7.31. The number of para-hydroxylation sites is 1. The second-order valence-electron chi connectivity index (χ2n) is 4.33. The number of hydrazine groups is 1. The third-order valence-electron chi connectivity index (χ3n) is 2.92. The number of hydrogen-bond acceptors (Lipinski definition) is 5. The summed E-state index contributed by atoms with van der Waals surface area (Å²) in [6.07, 6.45) is 0. The summed E-state index contributed by atoms with van der Waals surface area (Å²) >= 11 is 0. The molecule has 0 bridgehead atoms. The van der Waals surface area contributed by atoms with Crippen molar-refractivity contribution in [3.05, 3.63) is 35.6 Å². The highest BCUT2D eigenvalue weighted by Gasteiger charge is 2.20. The molecule has 1 heterocycles. The Morgan fingerprint density at radius 1 is 1.47 bits per heavy atom. The van der Waals surface area contributed by atoms with Crippen molar-refractivity contribution in [1.82, 2.24) is 10.3 Å². The van der Waals surface area contributed by atoms with Crippen molar-refractivity contribution >= 4 is 16.9 Å². The molecule has 1 aromatic carbocycles. The fraction of sp³-hybridized carbons (Fsp3) is 0.308. The van der Waals surface area contributed by atoms with E-state index in [-0.39, 0.29) is 12.5 Å². The van der Waals surface area contributed by atoms with Gasteiger partial charge in [0.05, 0.1) is 18.7 Å². The van der Waals surface area contributed by atoms with Crippen molar-refractivity contribution in [2.24, 2.45) is 5.84 Å². The van der Waals surface area contributed by atoms with Crippen molar-refractivity contribution in [1.29, 1.82) is 0 Å². The molecule has 6 heteroatoms. The first-order valence-electron chi connectivity index (χ1n) is 5.98. The maximum atomic E-state index is 11.9. The average Bonchev–Trinajstić information content (AvgIpc) is 2.75. The predicted molar refractivity (Wildman–Crippen MR) is 71.3 cm³/mol. The van der Waals surface area contributed by atoms with E-state index in [1.807, 2.05) is 30.1 Å². The third-order valence-corrected chi connectivity index (χ3v) is 2.92. The van der Waals surface area contributed by atoms with Crippen LogP contribution < -0.4 is 11.3 Å². The zero-order valence-corrected chi connectivity index (χ0v) is 10.7. The van der Waals surface area contributed by atoms with Crippen LogP contribution in [0.3, 0.4) is 0 Å². The van der Waals surface area contributed by atoms with E-state index < -0.39 is 0 Å². The molecule has 0 spiro atoms. The third kappa shape index (κ3) is 2.76. The van der Waals surface area contributed by atoms with Crippen LogP contribution in [0, 0.1) is 0 Å². The van der Waals surface area contributed by atoms with E-state index in [2.05, 4.69) is 5.43 Å². The van der Waals surface area contributed by atoms with Gasteiger partial charge in [0.1, 0.15) is 11.3 Å². The van der Waals surface area contributed by atoms with Gasteiger partial charge >= 0.3 is 0 Å². The normalized spacial score (nSPS) is 11.2. The molecule has 6 nitrogen and oxygen atoms in total. The maximum Gasteiger partial charge on any atom is 0.269 e. The minimum atomic E-state index is -0.377. The number of benzene rings is 1. The number of aliphatic hydroxyl groups excluding tert-OH is 1. The quantitative estimate of drug-likeness (QED) is 0.414. The Morgan fingerprint density at radius 2 is 2.21 bits per heavy atom. The van der Waals surface area contributed by atoms with Crippen LogP contribution in [0.5, 0.6) is 0 Å². The number of nitrogens with two attached hydrogens (primary N) is 1. The first-order chi connectivity index (χ1) is 9.17. The van der Waals surface area contributed by atoms with Gasteiger partial charge in [0.15, 0.2) is 0 Å². The number of carbonyl (C=O) groups excluding carboxylic acids is 1. The van der Waals surface area contributed by atoms with Crippen LogP contribution in [-0.2, 0) is 6.54 Å². The van der Waals surface area contributed by atoms with Gasteiger partial charge in [-0.15, -0.1) is 0 Å². The Balaban J connectivity index is 2.44. The van der Waals surface area contributed by atoms with Crippen molar-refractivity contribution in [3.63, 3.8) is 0 Å². The number of nitrogens with zero attached hydrogens (tertiary/aromatic N) is 1. The number of likely N-dealkylation sites (N-methyl/N-ethyl adjacent to an activating group) is 1. The van der Waals surface area contributed by atoms with Crippen LogP contribution >= 0.6 is 0 Å². The van der Waals surface area contributed by atoms with Gasteiger partial charge in [-0.1, -0.05) is 18.2 Å². The van der Waals surface area contributed by atoms with E-state index in [0.29, 0.717) is 30.0 Å². The summed E-state index contributed by atoms with van der Waals surface area (Å²) in [5.74, 6) is 5.38. The largest absolute Gasteiger partial charge is 0.459 e. The molecule has 19 heavy (non-hydrogen) atoms. The number of nitrogens with one attached hydrogen (secondary N) is 1. The van der Waals surface area contributed by atoms with E-state index in [0.717, 1.165) is 5.39 Å². The van der Waals surface area contributed by atoms with Gasteiger partial charge in [0.25, 0.3) is 5.91 Å². The minimum Gasteiger partial charge on any atom is -0.459 e. The van der Waals surface area contributed by atoms with E-state index in [1.165, 1.54) is 0 Å². The minimum absolute atomic E-state index is 0.0507. The number of aliphatic hydroxyl groups is 1. The molecule has 0 fully saturated rings. The lowest BCUT2D eigenvalue weighted by Crippen LogP contribution is -2.31. The van der Waals surface area contributed by atoms with Gasteiger partial charge in [0, 0.05) is 11.9 Å². The second-order valence-corrected chi connectivity index (χ2v) is 4.33. The fourth-order valence-corrected chi connectivity index (χ4v) is 2.02. The van der Waals surface area contributed by atoms with Gasteiger partial charge in [-0.25, -0.2) is 5.84 Å². The molecule has 0 radical (unpaired) electrons. The first kappa shape index (κ1) is 13.5. The second kappa shape index (κ2) is 5.83. The number of hydrogen-bond donors (Lipinski definition) is 3. The maximum absolute atomic E-state index is 11.9. The molecule has 2 aromatic rings. The molecule has 1 amide bonds. The molecule has 0 saturated heterocycles. The zero-order valence-electron chi connectivity index (χ0n) is 10.7. The summed E-state index contributed by atoms with van der Waals surface area (Å²) in [7, 11) is 1.84. The van der Waals surface area contributed by atoms with Crippen LogP contribution in [0.15, 0.2) is 28.7 Å². The van der Waals surface area contributed by atoms with Gasteiger partial charge in [-0.05, 0) is 13.1 Å². The Kier molecular flexibility index (Phi) is 4.16. The van der Waals surface area contributed by atoms with Gasteiger partial charge in [-0.2, -0.15) is 0 Å². The SMILES string of the molecule is CN(CCO)Cc1oc2ccccc2c1C(=O)NN. The molecule has 1 aromatic heterocycles. The van der Waals surface area contributed by atoms with Crippen LogP contribution in [0.2, 0.25) is 0 Å². The standard InChI is InChI=1S/C13H17N3O3/c1-16(6-7-17)8-11-12(13(18)15-14)9-4-2-3-5-10(9)19-11/h2-5,17H,6-8,14H2,1H3,(H,15,18). The molecule has 0 atom stereocenters. The Bertz CT molecular complexity index is 580. The van der Waals surface area contributed by atoms with Crippen LogP contribution in [0.1, 0.15) is 16.1 Å². The summed E-state index contributed by atoms with van der Waals surface area (Å²) in [5, 5.41) is 9.64. The fourth-order valence-electron chi connectivity index (χ4n) is 2.02. The number of fused-ring (bicyclic) bond motifs is 1. The number of rotatable bonds is 5. The van der Waals surface area contributed by atoms with E-state index in [9.17, 15) is 4.79 Å². The van der Waals surface area contributed by atoms with Gasteiger partial charge in [0.2, 0.25) is 0 Å². The molecular formula is C13H17N3O3. The van der Waals surface area contributed by atoms with Crippen LogP contribution in [0.25, 0.3) is 11.0 Å². The molecule has 0 aliphatic heterocycles. The highest BCUT2D eigenvalue weighted by atomic mass is 16.3. The van der Waals surface area contributed by atoms with Crippen molar-refractivity contribution in [2.45, 2.75) is 6.54 Å². The first-order valence-corrected chi connectivity index (χ1v) is 5.98. The number of amides is 1. The van der Waals surface area contributed by atoms with E-state index in [1.54, 1.807) is 6.07 Å². The average molecular weight is 263 g/mol. The number of furan rings is 1. The molecule has 0 unspecified atom stereocenters. The van der Waals surface area contributed by atoms with Crippen molar-refractivity contribution < 1.29 is 14.3 Å². The summed E-state index contributed by atoms with van der Waals surface area (Å²) in [5.41, 5.74) is 3.23. The summed E-state index contributed by atoms with van der Waals surface area (Å²) < 4.78 is 5.70. The Hall–Kier alpha value is -1.89. The molecule has 0 aliphatic carbocycles. The smallest absolute Gasteiger partial charge is 0.269 e. The molecule has 102 valence electrons. The molecule has 4 N–H and O–H groups in total. The van der Waals surface area contributed by atoms with E-state index >= 15 is 0 Å². The van der Waals surface area contributed by atoms with Crippen LogP contribution in [0.4, 0.5) is 0 Å². The van der Waals surface area contributed by atoms with E-state index in [4.69, 9.17) is 15.4 Å². The summed E-state index contributed by atoms with van der Waals surface area (Å²) in [6.45, 7) is 0.980. The van der Waals surface area contributed by atoms with Crippen molar-refractivity contribution in [2.75, 3.05) is 20.2 Å². The summed E-state index contributed by atoms with van der Waals surface area (Å²) in [4.78, 5) is 13.8. The Morgan fingerprint density at radius 3 is 2.89 bits per heavy atom. The molecule has 0 saturated carbocycles. The molecule has 2 rings (SSSR count). The molecular weight excluding hydrogens is 246 g/mol. The molecule has 0 aliphatic rings. The lowest BCUT2D eigenvalue weighted by atomic mass is 10.1. The highest BCUT2D eigenvalue weighted by Crippen LogP contribution is 2.26. The monoisotopic (exact) mass is 263 g/mol. The Labute approximate surface area is 110 Å². The number of carbonyl (C=O) groups is 1. The van der Waals surface area contributed by atoms with Gasteiger partial charge < -0.3 is 9.52 Å². The highest BCUT2D eigenvalue weighted by molar-refractivity contribution is 6.07. The van der Waals surface area contributed by atoms with Crippen molar-refractivity contribution in [3.8, 4) is 0 Å². The number of nitrogen functional groups attached to an aromatic ring is 1. The lowest BCUT2D eigenvalue weighted by molar-refractivity contribution is 0.0951. The lowest BCUT2D eigenvalue weighted by Gasteiger charge is -2.13. The topological polar surface area (TPSA) is 91.7 Å². The van der Waals surface area contributed by atoms with Gasteiger partial charge in [-0.3, -0.25) is 15.1 Å². The van der Waals surface area contributed by atoms with Crippen LogP contribution in [-0.4, -0.2) is 36.1 Å². The zero-order chi connectivity index (χ0) is 13.8.